The summed E-state index contributed by atoms with van der Waals surface area (Å²) in [4.78, 5) is 0. The zero-order chi connectivity index (χ0) is 14.5. The first-order valence-corrected chi connectivity index (χ1v) is 7.64. The van der Waals surface area contributed by atoms with Crippen molar-refractivity contribution in [1.82, 2.24) is 0 Å². The Morgan fingerprint density at radius 2 is 1.90 bits per heavy atom. The Kier molecular flexibility index (Phi) is 5.47. The summed E-state index contributed by atoms with van der Waals surface area (Å²) in [5.41, 5.74) is 9.83. The molecule has 0 heterocycles. The number of hydrogen-bond acceptors (Lipinski definition) is 1. The summed E-state index contributed by atoms with van der Waals surface area (Å²) in [7, 11) is 0. The van der Waals surface area contributed by atoms with Crippen LogP contribution in [0, 0.1) is 0 Å². The number of benzene rings is 2. The monoisotopic (exact) mass is 307 g/mol. The van der Waals surface area contributed by atoms with Crippen molar-refractivity contribution in [3.8, 4) is 0 Å². The molecule has 0 amide bonds. The Hall–Kier alpha value is -1.02. The van der Waals surface area contributed by atoms with Gasteiger partial charge in [0.1, 0.15) is 0 Å². The van der Waals surface area contributed by atoms with Crippen LogP contribution in [0.2, 0.25) is 10.0 Å². The average Bonchev–Trinajstić information content (AvgIpc) is 2.42. The highest BCUT2D eigenvalue weighted by atomic mass is 35.5. The molecule has 0 saturated carbocycles. The lowest BCUT2D eigenvalue weighted by molar-refractivity contribution is 0.720. The van der Waals surface area contributed by atoms with E-state index in [-0.39, 0.29) is 6.04 Å². The van der Waals surface area contributed by atoms with E-state index >= 15 is 0 Å². The predicted octanol–water partition coefficient (Wildman–Crippen LogP) is 5.19. The molecule has 0 bridgehead atoms. The number of nitrogens with two attached hydrogens (primary N) is 1. The molecule has 3 heteroatoms. The lowest BCUT2D eigenvalue weighted by atomic mass is 9.97. The maximum Gasteiger partial charge on any atom is 0.0453 e. The molecular formula is C17H19Cl2N. The zero-order valence-electron chi connectivity index (χ0n) is 11.6. The fourth-order valence-corrected chi connectivity index (χ4v) is 2.80. The fraction of sp³-hybridized carbons (Fsp3) is 0.294. The van der Waals surface area contributed by atoms with Gasteiger partial charge in [-0.1, -0.05) is 66.9 Å². The molecule has 106 valence electrons. The second kappa shape index (κ2) is 7.12. The Morgan fingerprint density at radius 1 is 1.10 bits per heavy atom. The lowest BCUT2D eigenvalue weighted by Gasteiger charge is -2.14. The van der Waals surface area contributed by atoms with Gasteiger partial charge in [0.15, 0.2) is 0 Å². The predicted molar refractivity (Wildman–Crippen MR) is 87.5 cm³/mol. The molecule has 2 aromatic rings. The van der Waals surface area contributed by atoms with E-state index < -0.39 is 0 Å². The van der Waals surface area contributed by atoms with Crippen LogP contribution < -0.4 is 5.73 Å². The zero-order valence-corrected chi connectivity index (χ0v) is 13.1. The Balaban J connectivity index is 2.15. The standard InChI is InChI=1S/C17H19Cl2N/c1-2-4-12-5-3-6-14(9-12)17(20)10-13-7-8-15(18)11-16(13)19/h3,5-9,11,17H,2,4,10,20H2,1H3. The number of aryl methyl sites for hydroxylation is 1. The number of halogens is 2. The molecule has 2 N–H and O–H groups in total. The molecule has 0 saturated heterocycles. The summed E-state index contributed by atoms with van der Waals surface area (Å²) in [6.07, 6.45) is 2.94. The van der Waals surface area contributed by atoms with E-state index in [0.717, 1.165) is 24.0 Å². The highest BCUT2D eigenvalue weighted by Crippen LogP contribution is 2.25. The first-order valence-electron chi connectivity index (χ1n) is 6.88. The molecule has 0 aliphatic heterocycles. The van der Waals surface area contributed by atoms with Crippen LogP contribution in [0.25, 0.3) is 0 Å². The van der Waals surface area contributed by atoms with Crippen LogP contribution in [0.1, 0.15) is 36.1 Å². The van der Waals surface area contributed by atoms with Gasteiger partial charge in [0.25, 0.3) is 0 Å². The van der Waals surface area contributed by atoms with Gasteiger partial charge in [-0.2, -0.15) is 0 Å². The first-order chi connectivity index (χ1) is 9.60. The van der Waals surface area contributed by atoms with Crippen molar-refractivity contribution in [2.24, 2.45) is 5.73 Å². The smallest absolute Gasteiger partial charge is 0.0453 e. The maximum atomic E-state index is 6.31. The van der Waals surface area contributed by atoms with Crippen LogP contribution in [-0.4, -0.2) is 0 Å². The van der Waals surface area contributed by atoms with E-state index in [1.165, 1.54) is 5.56 Å². The quantitative estimate of drug-likeness (QED) is 0.808. The molecule has 0 aromatic heterocycles. The summed E-state index contributed by atoms with van der Waals surface area (Å²) in [6, 6.07) is 14.0. The van der Waals surface area contributed by atoms with Crippen molar-refractivity contribution in [3.63, 3.8) is 0 Å². The topological polar surface area (TPSA) is 26.0 Å². The minimum Gasteiger partial charge on any atom is -0.324 e. The van der Waals surface area contributed by atoms with Gasteiger partial charge in [-0.3, -0.25) is 0 Å². The highest BCUT2D eigenvalue weighted by Gasteiger charge is 2.10. The van der Waals surface area contributed by atoms with Crippen LogP contribution >= 0.6 is 23.2 Å². The fourth-order valence-electron chi connectivity index (χ4n) is 2.31. The Labute approximate surface area is 130 Å². The SMILES string of the molecule is CCCc1cccc(C(N)Cc2ccc(Cl)cc2Cl)c1. The van der Waals surface area contributed by atoms with Crippen molar-refractivity contribution < 1.29 is 0 Å². The van der Waals surface area contributed by atoms with Crippen molar-refractivity contribution in [3.05, 3.63) is 69.2 Å². The summed E-state index contributed by atoms with van der Waals surface area (Å²) in [5, 5.41) is 1.33. The van der Waals surface area contributed by atoms with Crippen LogP contribution in [0.4, 0.5) is 0 Å². The van der Waals surface area contributed by atoms with Gasteiger partial charge in [0.2, 0.25) is 0 Å². The Morgan fingerprint density at radius 3 is 2.60 bits per heavy atom. The molecular weight excluding hydrogens is 289 g/mol. The van der Waals surface area contributed by atoms with Crippen LogP contribution in [0.15, 0.2) is 42.5 Å². The normalized spacial score (nSPS) is 12.4. The molecule has 0 radical (unpaired) electrons. The molecule has 1 atom stereocenters. The van der Waals surface area contributed by atoms with Crippen LogP contribution in [-0.2, 0) is 12.8 Å². The van der Waals surface area contributed by atoms with E-state index in [9.17, 15) is 0 Å². The number of rotatable bonds is 5. The van der Waals surface area contributed by atoms with Crippen molar-refractivity contribution in [2.75, 3.05) is 0 Å². The molecule has 1 unspecified atom stereocenters. The largest absolute Gasteiger partial charge is 0.324 e. The summed E-state index contributed by atoms with van der Waals surface area (Å²) in [5.74, 6) is 0. The highest BCUT2D eigenvalue weighted by molar-refractivity contribution is 6.35. The van der Waals surface area contributed by atoms with Crippen molar-refractivity contribution in [2.45, 2.75) is 32.2 Å². The van der Waals surface area contributed by atoms with E-state index in [4.69, 9.17) is 28.9 Å². The van der Waals surface area contributed by atoms with E-state index in [1.807, 2.05) is 12.1 Å². The van der Waals surface area contributed by atoms with Gasteiger partial charge >= 0.3 is 0 Å². The van der Waals surface area contributed by atoms with Gasteiger partial charge in [-0.05, 0) is 41.7 Å². The van der Waals surface area contributed by atoms with E-state index in [2.05, 4.69) is 31.2 Å². The molecule has 20 heavy (non-hydrogen) atoms. The summed E-state index contributed by atoms with van der Waals surface area (Å²) in [6.45, 7) is 2.18. The van der Waals surface area contributed by atoms with E-state index in [0.29, 0.717) is 16.5 Å². The van der Waals surface area contributed by atoms with Gasteiger partial charge in [-0.25, -0.2) is 0 Å². The minimum atomic E-state index is -0.0505. The van der Waals surface area contributed by atoms with E-state index in [1.54, 1.807) is 6.07 Å². The van der Waals surface area contributed by atoms with Crippen molar-refractivity contribution in [1.29, 1.82) is 0 Å². The number of hydrogen-bond donors (Lipinski definition) is 1. The average molecular weight is 308 g/mol. The molecule has 0 aliphatic rings. The molecule has 0 aliphatic carbocycles. The van der Waals surface area contributed by atoms with Crippen LogP contribution in [0.3, 0.4) is 0 Å². The maximum absolute atomic E-state index is 6.31. The molecule has 0 fully saturated rings. The Bertz CT molecular complexity index is 581. The first kappa shape index (κ1) is 15.4. The second-order valence-corrected chi connectivity index (χ2v) is 5.89. The third-order valence-corrected chi connectivity index (χ3v) is 3.96. The summed E-state index contributed by atoms with van der Waals surface area (Å²) < 4.78 is 0. The third-order valence-electron chi connectivity index (χ3n) is 3.37. The van der Waals surface area contributed by atoms with Gasteiger partial charge in [0, 0.05) is 16.1 Å². The van der Waals surface area contributed by atoms with Gasteiger partial charge in [0.05, 0.1) is 0 Å². The second-order valence-electron chi connectivity index (χ2n) is 5.04. The van der Waals surface area contributed by atoms with Gasteiger partial charge < -0.3 is 5.73 Å². The molecule has 0 spiro atoms. The molecule has 2 rings (SSSR count). The lowest BCUT2D eigenvalue weighted by Crippen LogP contribution is -2.13. The molecule has 2 aromatic carbocycles. The van der Waals surface area contributed by atoms with Crippen molar-refractivity contribution >= 4 is 23.2 Å². The minimum absolute atomic E-state index is 0.0505. The van der Waals surface area contributed by atoms with Gasteiger partial charge in [-0.15, -0.1) is 0 Å². The third kappa shape index (κ3) is 3.99. The molecule has 1 nitrogen and oxygen atoms in total. The summed E-state index contributed by atoms with van der Waals surface area (Å²) >= 11 is 12.1. The van der Waals surface area contributed by atoms with Crippen LogP contribution in [0.5, 0.6) is 0 Å².